The van der Waals surface area contributed by atoms with Crippen molar-refractivity contribution in [3.05, 3.63) is 0 Å². The van der Waals surface area contributed by atoms with E-state index >= 15 is 0 Å². The Morgan fingerprint density at radius 2 is 1.86 bits per heavy atom. The van der Waals surface area contributed by atoms with Crippen LogP contribution in [0.4, 0.5) is 0 Å². The van der Waals surface area contributed by atoms with Crippen LogP contribution in [-0.4, -0.2) is 34.1 Å². The third-order valence-electron chi connectivity index (χ3n) is 1.28. The van der Waals surface area contributed by atoms with Gasteiger partial charge >= 0.3 is 9.28 Å². The summed E-state index contributed by atoms with van der Waals surface area (Å²) in [7, 11) is -1.52. The molecule has 2 unspecified atom stereocenters. The molecule has 0 saturated heterocycles. The van der Waals surface area contributed by atoms with Crippen molar-refractivity contribution in [2.24, 2.45) is 11.5 Å². The summed E-state index contributed by atoms with van der Waals surface area (Å²) in [6, 6.07) is 0.0736. The van der Waals surface area contributed by atoms with Gasteiger partial charge in [0.05, 0.1) is 13.2 Å². The van der Waals surface area contributed by atoms with Crippen molar-refractivity contribution in [3.8, 4) is 0 Å². The van der Waals surface area contributed by atoms with Gasteiger partial charge in [-0.3, -0.25) is 0 Å². The average Bonchev–Trinajstić information content (AvgIpc) is 1.95. The minimum atomic E-state index is -1.52. The first-order chi connectivity index (χ1) is 5.81. The van der Waals surface area contributed by atoms with E-state index in [9.17, 15) is 0 Å². The maximum Gasteiger partial charge on any atom is 0.318 e. The summed E-state index contributed by atoms with van der Waals surface area (Å²) in [6.45, 7) is 8.86. The number of hydrogen-bond acceptors (Lipinski definition) is 4. The molecule has 0 radical (unpaired) electrons. The molecule has 14 heavy (non-hydrogen) atoms. The molecule has 0 aromatic heterocycles. The standard InChI is InChI=1S/C8H22N2O2Si.CH4/c1-7(9)5-11-13(4)12-6-8(2,3)10;/h7,13H,5-6,9-10H2,1-4H3;1H4. The molecule has 88 valence electrons. The molecule has 0 aromatic carbocycles. The molecule has 0 rings (SSSR count). The lowest BCUT2D eigenvalue weighted by Gasteiger charge is -2.21. The molecule has 4 nitrogen and oxygen atoms in total. The van der Waals surface area contributed by atoms with Crippen molar-refractivity contribution in [1.29, 1.82) is 0 Å². The van der Waals surface area contributed by atoms with Crippen LogP contribution >= 0.6 is 0 Å². The Labute approximate surface area is 89.8 Å². The van der Waals surface area contributed by atoms with Crippen molar-refractivity contribution in [1.82, 2.24) is 0 Å². The zero-order chi connectivity index (χ0) is 10.5. The van der Waals surface area contributed by atoms with Crippen LogP contribution < -0.4 is 11.5 Å². The fourth-order valence-electron chi connectivity index (χ4n) is 0.668. The van der Waals surface area contributed by atoms with E-state index in [1.807, 2.05) is 27.3 Å². The molecule has 5 heteroatoms. The van der Waals surface area contributed by atoms with Gasteiger partial charge in [-0.2, -0.15) is 0 Å². The van der Waals surface area contributed by atoms with Crippen LogP contribution in [0.3, 0.4) is 0 Å². The smallest absolute Gasteiger partial charge is 0.318 e. The highest BCUT2D eigenvalue weighted by Crippen LogP contribution is 1.99. The Morgan fingerprint density at radius 3 is 2.21 bits per heavy atom. The molecule has 0 bridgehead atoms. The van der Waals surface area contributed by atoms with Crippen LogP contribution in [-0.2, 0) is 8.85 Å². The van der Waals surface area contributed by atoms with Gasteiger partial charge in [0, 0.05) is 11.6 Å². The lowest BCUT2D eigenvalue weighted by Crippen LogP contribution is -2.40. The fourth-order valence-corrected chi connectivity index (χ4v) is 2.00. The predicted octanol–water partition coefficient (Wildman–Crippen LogP) is 0.591. The van der Waals surface area contributed by atoms with Gasteiger partial charge in [-0.15, -0.1) is 0 Å². The monoisotopic (exact) mass is 222 g/mol. The first-order valence-electron chi connectivity index (χ1n) is 4.59. The van der Waals surface area contributed by atoms with Crippen molar-refractivity contribution in [2.45, 2.75) is 46.3 Å². The highest BCUT2D eigenvalue weighted by Gasteiger charge is 2.14. The molecule has 0 amide bonds. The molecule has 0 aliphatic heterocycles. The molecule has 0 aliphatic carbocycles. The Hall–Kier alpha value is 0.0569. The normalized spacial score (nSPS) is 15.9. The Morgan fingerprint density at radius 1 is 1.36 bits per heavy atom. The van der Waals surface area contributed by atoms with Crippen molar-refractivity contribution in [2.75, 3.05) is 13.2 Å². The van der Waals surface area contributed by atoms with Crippen LogP contribution in [0.25, 0.3) is 0 Å². The summed E-state index contributed by atoms with van der Waals surface area (Å²) in [5, 5.41) is 0. The van der Waals surface area contributed by atoms with Gasteiger partial charge in [0.2, 0.25) is 0 Å². The number of nitrogens with two attached hydrogens (primary N) is 2. The van der Waals surface area contributed by atoms with E-state index in [0.717, 1.165) is 0 Å². The zero-order valence-electron chi connectivity index (χ0n) is 9.04. The molecule has 4 N–H and O–H groups in total. The Kier molecular flexibility index (Phi) is 8.67. The molecule has 2 atom stereocenters. The summed E-state index contributed by atoms with van der Waals surface area (Å²) in [5.74, 6) is 0. The van der Waals surface area contributed by atoms with Gasteiger partial charge in [-0.1, -0.05) is 7.43 Å². The van der Waals surface area contributed by atoms with Gasteiger partial charge < -0.3 is 20.3 Å². The zero-order valence-corrected chi connectivity index (χ0v) is 10.2. The molecule has 0 spiro atoms. The van der Waals surface area contributed by atoms with Crippen LogP contribution in [0.5, 0.6) is 0 Å². The molecular weight excluding hydrogens is 196 g/mol. The summed E-state index contributed by atoms with van der Waals surface area (Å²) in [4.78, 5) is 0. The fraction of sp³-hybridized carbons (Fsp3) is 1.00. The quantitative estimate of drug-likeness (QED) is 0.645. The lowest BCUT2D eigenvalue weighted by molar-refractivity contribution is 0.166. The Bertz CT molecular complexity index is 137. The second-order valence-electron chi connectivity index (χ2n) is 4.18. The van der Waals surface area contributed by atoms with Gasteiger partial charge in [-0.25, -0.2) is 0 Å². The first-order valence-corrected chi connectivity index (χ1v) is 6.68. The van der Waals surface area contributed by atoms with Crippen molar-refractivity contribution in [3.63, 3.8) is 0 Å². The van der Waals surface area contributed by atoms with Crippen molar-refractivity contribution < 1.29 is 8.85 Å². The van der Waals surface area contributed by atoms with Crippen LogP contribution in [0.15, 0.2) is 0 Å². The molecule has 0 aromatic rings. The molecule has 0 heterocycles. The van der Waals surface area contributed by atoms with E-state index in [0.29, 0.717) is 13.2 Å². The first kappa shape index (κ1) is 16.5. The number of hydrogen-bond donors (Lipinski definition) is 2. The maximum atomic E-state index is 5.76. The van der Waals surface area contributed by atoms with Crippen LogP contribution in [0.1, 0.15) is 28.2 Å². The number of rotatable bonds is 6. The van der Waals surface area contributed by atoms with E-state index in [1.54, 1.807) is 0 Å². The van der Waals surface area contributed by atoms with E-state index in [2.05, 4.69) is 0 Å². The largest absolute Gasteiger partial charge is 0.395 e. The molecule has 0 saturated carbocycles. The Balaban J connectivity index is 0. The third kappa shape index (κ3) is 12.1. The third-order valence-corrected chi connectivity index (χ3v) is 2.58. The highest BCUT2D eigenvalue weighted by molar-refractivity contribution is 6.42. The second-order valence-corrected chi connectivity index (χ2v) is 5.98. The van der Waals surface area contributed by atoms with E-state index in [4.69, 9.17) is 20.3 Å². The molecule has 0 aliphatic rings. The predicted molar refractivity (Wildman–Crippen MR) is 63.6 cm³/mol. The highest BCUT2D eigenvalue weighted by atomic mass is 28.3. The van der Waals surface area contributed by atoms with E-state index in [1.165, 1.54) is 0 Å². The average molecular weight is 222 g/mol. The van der Waals surface area contributed by atoms with Gasteiger partial charge in [-0.05, 0) is 27.3 Å². The van der Waals surface area contributed by atoms with Gasteiger partial charge in [0.1, 0.15) is 0 Å². The lowest BCUT2D eigenvalue weighted by atomic mass is 10.1. The van der Waals surface area contributed by atoms with Crippen LogP contribution in [0, 0.1) is 0 Å². The van der Waals surface area contributed by atoms with Gasteiger partial charge in [0.25, 0.3) is 0 Å². The second kappa shape index (κ2) is 7.36. The molecular formula is C9H26N2O2Si. The summed E-state index contributed by atoms with van der Waals surface area (Å²) < 4.78 is 10.9. The van der Waals surface area contributed by atoms with Crippen molar-refractivity contribution >= 4 is 9.28 Å². The minimum absolute atomic E-state index is 0. The maximum absolute atomic E-state index is 5.76. The minimum Gasteiger partial charge on any atom is -0.395 e. The topological polar surface area (TPSA) is 70.5 Å². The van der Waals surface area contributed by atoms with E-state index < -0.39 is 9.28 Å². The summed E-state index contributed by atoms with van der Waals surface area (Å²) >= 11 is 0. The van der Waals surface area contributed by atoms with Gasteiger partial charge in [0.15, 0.2) is 0 Å². The molecule has 0 fully saturated rings. The van der Waals surface area contributed by atoms with E-state index in [-0.39, 0.29) is 19.0 Å². The SMILES string of the molecule is C.CC(N)CO[SiH](C)OCC(C)(C)N. The summed E-state index contributed by atoms with van der Waals surface area (Å²) in [5.41, 5.74) is 11.0. The van der Waals surface area contributed by atoms with Crippen LogP contribution in [0.2, 0.25) is 6.55 Å². The summed E-state index contributed by atoms with van der Waals surface area (Å²) in [6.07, 6.45) is 0.